The first-order valence-corrected chi connectivity index (χ1v) is 12.4. The Morgan fingerprint density at radius 2 is 1.91 bits per heavy atom. The van der Waals surface area contributed by atoms with E-state index in [0.717, 1.165) is 51.1 Å². The first kappa shape index (κ1) is 21.4. The van der Waals surface area contributed by atoms with Crippen LogP contribution >= 0.6 is 0 Å². The molecule has 172 valence electrons. The molecule has 0 aliphatic carbocycles. The molecule has 0 saturated carbocycles. The van der Waals surface area contributed by atoms with Gasteiger partial charge in [-0.05, 0) is 58.2 Å². The predicted molar refractivity (Wildman–Crippen MR) is 126 cm³/mol. The highest BCUT2D eigenvalue weighted by Gasteiger charge is 2.30. The monoisotopic (exact) mass is 436 g/mol. The number of hydrogen-bond acceptors (Lipinski definition) is 5. The number of carbonyl (C=O) groups excluding carboxylic acids is 1. The van der Waals surface area contributed by atoms with Crippen molar-refractivity contribution in [2.45, 2.75) is 70.9 Å². The van der Waals surface area contributed by atoms with Crippen LogP contribution in [-0.4, -0.2) is 58.1 Å². The van der Waals surface area contributed by atoms with Crippen molar-refractivity contribution in [2.24, 2.45) is 0 Å². The summed E-state index contributed by atoms with van der Waals surface area (Å²) in [4.78, 5) is 26.6. The second-order valence-electron chi connectivity index (χ2n) is 9.60. The summed E-state index contributed by atoms with van der Waals surface area (Å²) < 4.78 is 2.45. The second-order valence-corrected chi connectivity index (χ2v) is 9.60. The van der Waals surface area contributed by atoms with Gasteiger partial charge in [-0.25, -0.2) is 4.98 Å². The zero-order valence-corrected chi connectivity index (χ0v) is 19.5. The summed E-state index contributed by atoms with van der Waals surface area (Å²) >= 11 is 0. The van der Waals surface area contributed by atoms with Crippen LogP contribution in [0.4, 0.5) is 5.69 Å². The van der Waals surface area contributed by atoms with Gasteiger partial charge in [0, 0.05) is 55.7 Å². The number of nitrogens with zero attached hydrogens (tertiary/aromatic N) is 5. The van der Waals surface area contributed by atoms with Crippen LogP contribution in [0.2, 0.25) is 0 Å². The lowest BCUT2D eigenvalue weighted by Crippen LogP contribution is -2.39. The Hall–Kier alpha value is -2.41. The van der Waals surface area contributed by atoms with Gasteiger partial charge in [0.05, 0.1) is 23.9 Å². The van der Waals surface area contributed by atoms with Crippen molar-refractivity contribution in [3.05, 3.63) is 41.2 Å². The van der Waals surface area contributed by atoms with E-state index in [1.165, 1.54) is 48.7 Å². The maximum atomic E-state index is 11.9. The van der Waals surface area contributed by atoms with E-state index in [1.807, 2.05) is 6.20 Å². The van der Waals surface area contributed by atoms with Crippen LogP contribution in [0, 0.1) is 0 Å². The Balaban J connectivity index is 1.29. The van der Waals surface area contributed by atoms with Crippen molar-refractivity contribution < 1.29 is 4.79 Å². The van der Waals surface area contributed by atoms with Gasteiger partial charge in [0.15, 0.2) is 0 Å². The molecule has 2 aromatic heterocycles. The molecule has 0 bridgehead atoms. The predicted octanol–water partition coefficient (Wildman–Crippen LogP) is 3.05. The van der Waals surface area contributed by atoms with E-state index in [0.29, 0.717) is 12.3 Å². The van der Waals surface area contributed by atoms with Gasteiger partial charge < -0.3 is 19.7 Å². The molecule has 1 N–H and O–H groups in total. The smallest absolute Gasteiger partial charge is 0.226 e. The van der Waals surface area contributed by atoms with Gasteiger partial charge in [0.2, 0.25) is 5.91 Å². The van der Waals surface area contributed by atoms with Crippen LogP contribution in [0.1, 0.15) is 74.3 Å². The van der Waals surface area contributed by atoms with Crippen LogP contribution in [0.5, 0.6) is 0 Å². The molecule has 2 saturated heterocycles. The van der Waals surface area contributed by atoms with Gasteiger partial charge in [-0.2, -0.15) is 0 Å². The highest BCUT2D eigenvalue weighted by Crippen LogP contribution is 2.36. The van der Waals surface area contributed by atoms with E-state index in [2.05, 4.69) is 50.8 Å². The molecule has 2 aromatic rings. The summed E-state index contributed by atoms with van der Waals surface area (Å²) in [6, 6.07) is 2.14. The zero-order chi connectivity index (χ0) is 22.1. The van der Waals surface area contributed by atoms with Crippen LogP contribution in [0.3, 0.4) is 0 Å². The molecule has 7 nitrogen and oxygen atoms in total. The summed E-state index contributed by atoms with van der Waals surface area (Å²) in [7, 11) is 0. The van der Waals surface area contributed by atoms with Crippen molar-refractivity contribution in [1.82, 2.24) is 24.8 Å². The van der Waals surface area contributed by atoms with Crippen LogP contribution in [0.25, 0.3) is 0 Å². The Labute approximate surface area is 191 Å². The summed E-state index contributed by atoms with van der Waals surface area (Å²) in [5.41, 5.74) is 4.60. The minimum absolute atomic E-state index is 0.0178. The molecule has 5 heterocycles. The molecule has 0 unspecified atom stereocenters. The SMILES string of the molecule is CCc1cn(CCN2CCCC2)c(C2CCN(c3ccnc4c3[C@@H](C)NC(=O)C4)CC2)n1. The van der Waals surface area contributed by atoms with E-state index in [4.69, 9.17) is 4.98 Å². The van der Waals surface area contributed by atoms with E-state index >= 15 is 0 Å². The Kier molecular flexibility index (Phi) is 6.17. The van der Waals surface area contributed by atoms with Crippen LogP contribution < -0.4 is 10.2 Å². The third-order valence-electron chi connectivity index (χ3n) is 7.46. The van der Waals surface area contributed by atoms with Gasteiger partial charge in [0.25, 0.3) is 0 Å². The summed E-state index contributed by atoms with van der Waals surface area (Å²) in [5, 5.41) is 3.08. The number of piperidine rings is 1. The highest BCUT2D eigenvalue weighted by molar-refractivity contribution is 5.82. The maximum absolute atomic E-state index is 11.9. The number of amides is 1. The molecule has 1 amide bonds. The van der Waals surface area contributed by atoms with Gasteiger partial charge in [-0.1, -0.05) is 6.92 Å². The number of pyridine rings is 1. The normalized spacial score (nSPS) is 22.2. The summed E-state index contributed by atoms with van der Waals surface area (Å²) in [6.07, 6.45) is 10.5. The van der Waals surface area contributed by atoms with Crippen molar-refractivity contribution in [3.63, 3.8) is 0 Å². The number of rotatable bonds is 6. The number of aryl methyl sites for hydroxylation is 1. The van der Waals surface area contributed by atoms with E-state index < -0.39 is 0 Å². The molecule has 5 rings (SSSR count). The lowest BCUT2D eigenvalue weighted by atomic mass is 9.93. The van der Waals surface area contributed by atoms with Gasteiger partial charge in [-0.3, -0.25) is 9.78 Å². The Morgan fingerprint density at radius 1 is 1.12 bits per heavy atom. The Bertz CT molecular complexity index is 955. The number of carbonyl (C=O) groups is 1. The fourth-order valence-electron chi connectivity index (χ4n) is 5.71. The van der Waals surface area contributed by atoms with E-state index in [9.17, 15) is 4.79 Å². The topological polar surface area (TPSA) is 66.3 Å². The molecule has 3 aliphatic heterocycles. The number of aromatic nitrogens is 3. The lowest BCUT2D eigenvalue weighted by Gasteiger charge is -2.37. The molecule has 1 atom stereocenters. The number of likely N-dealkylation sites (tertiary alicyclic amines) is 1. The fraction of sp³-hybridized carbons (Fsp3) is 0.640. The van der Waals surface area contributed by atoms with Crippen molar-refractivity contribution in [3.8, 4) is 0 Å². The largest absolute Gasteiger partial charge is 0.371 e. The first-order chi connectivity index (χ1) is 15.6. The lowest BCUT2D eigenvalue weighted by molar-refractivity contribution is -0.121. The molecule has 3 aliphatic rings. The first-order valence-electron chi connectivity index (χ1n) is 12.4. The molecule has 0 spiro atoms. The molecule has 7 heteroatoms. The minimum atomic E-state index is 0.0178. The average Bonchev–Trinajstić information content (AvgIpc) is 3.47. The number of hydrogen-bond donors (Lipinski definition) is 1. The number of nitrogens with one attached hydrogen (secondary N) is 1. The third kappa shape index (κ3) is 4.27. The third-order valence-corrected chi connectivity index (χ3v) is 7.46. The zero-order valence-electron chi connectivity index (χ0n) is 19.5. The van der Waals surface area contributed by atoms with Crippen molar-refractivity contribution in [1.29, 1.82) is 0 Å². The van der Waals surface area contributed by atoms with Crippen molar-refractivity contribution in [2.75, 3.05) is 37.6 Å². The molecule has 32 heavy (non-hydrogen) atoms. The van der Waals surface area contributed by atoms with Gasteiger partial charge >= 0.3 is 0 Å². The van der Waals surface area contributed by atoms with E-state index in [-0.39, 0.29) is 11.9 Å². The quantitative estimate of drug-likeness (QED) is 0.754. The van der Waals surface area contributed by atoms with Crippen molar-refractivity contribution >= 4 is 11.6 Å². The molecular weight excluding hydrogens is 400 g/mol. The molecule has 0 radical (unpaired) electrons. The number of anilines is 1. The summed E-state index contributed by atoms with van der Waals surface area (Å²) in [5.74, 6) is 1.87. The van der Waals surface area contributed by atoms with Gasteiger partial charge in [-0.15, -0.1) is 0 Å². The van der Waals surface area contributed by atoms with E-state index in [1.54, 1.807) is 0 Å². The summed E-state index contributed by atoms with van der Waals surface area (Å²) in [6.45, 7) is 11.0. The number of fused-ring (bicyclic) bond motifs is 1. The molecule has 2 fully saturated rings. The number of imidazole rings is 1. The highest BCUT2D eigenvalue weighted by atomic mass is 16.1. The Morgan fingerprint density at radius 3 is 2.66 bits per heavy atom. The molecular formula is C25H36N6O. The van der Waals surface area contributed by atoms with Gasteiger partial charge in [0.1, 0.15) is 5.82 Å². The van der Waals surface area contributed by atoms with Crippen LogP contribution in [-0.2, 0) is 24.2 Å². The molecule has 0 aromatic carbocycles. The second kappa shape index (κ2) is 9.22. The average molecular weight is 437 g/mol. The maximum Gasteiger partial charge on any atom is 0.226 e. The fourth-order valence-corrected chi connectivity index (χ4v) is 5.71. The van der Waals surface area contributed by atoms with Crippen LogP contribution in [0.15, 0.2) is 18.5 Å². The minimum Gasteiger partial charge on any atom is -0.371 e. The standard InChI is InChI=1S/C25H36N6O/c1-3-20-17-31(15-14-29-10-4-5-11-29)25(28-20)19-7-12-30(13-8-19)22-6-9-26-21-16-23(32)27-18(2)24(21)22/h6,9,17-19H,3-5,7-8,10-16H2,1-2H3,(H,27,32)/t18-/m1/s1.